The number of benzene rings is 5. The van der Waals surface area contributed by atoms with Crippen molar-refractivity contribution in [3.8, 4) is 57.5 Å². The van der Waals surface area contributed by atoms with Gasteiger partial charge in [0.15, 0.2) is 5.78 Å². The molecule has 21 heteroatoms. The second-order valence-corrected chi connectivity index (χ2v) is 22.1. The van der Waals surface area contributed by atoms with E-state index in [4.69, 9.17) is 42.6 Å². The van der Waals surface area contributed by atoms with Crippen molar-refractivity contribution < 1.29 is 102 Å². The lowest BCUT2D eigenvalue weighted by Crippen LogP contribution is -2.73. The third kappa shape index (κ3) is 9.34. The van der Waals surface area contributed by atoms with E-state index in [9.17, 15) is 54.3 Å². The summed E-state index contributed by atoms with van der Waals surface area (Å²) in [4.78, 5) is 97.4. The van der Waals surface area contributed by atoms with Gasteiger partial charge in [0.05, 0.1) is 28.4 Å². The maximum Gasteiger partial charge on any atom is 0.347 e. The first-order valence-corrected chi connectivity index (χ1v) is 26.7. The maximum atomic E-state index is 15.2. The number of Topliss-reactive ketones (excluding diaryl/α,β-unsaturated/α-hetero) is 1. The first kappa shape index (κ1) is 63.6. The minimum Gasteiger partial charge on any atom is -0.507 e. The summed E-state index contributed by atoms with van der Waals surface area (Å²) in [6, 6.07) is 0. The average molecular weight is 1180 g/mol. The van der Waals surface area contributed by atoms with Crippen LogP contribution in [0.4, 0.5) is 0 Å². The second-order valence-electron chi connectivity index (χ2n) is 22.1. The summed E-state index contributed by atoms with van der Waals surface area (Å²) in [5.41, 5.74) is -2.99. The van der Waals surface area contributed by atoms with Gasteiger partial charge in [0.2, 0.25) is 0 Å². The molecule has 1 heterocycles. The van der Waals surface area contributed by atoms with Crippen LogP contribution in [-0.4, -0.2) is 107 Å². The third-order valence-corrected chi connectivity index (χ3v) is 17.6. The van der Waals surface area contributed by atoms with E-state index < -0.39 is 76.1 Å². The Balaban J connectivity index is 1.23. The highest BCUT2D eigenvalue weighted by atomic mass is 16.6. The molecule has 7 rings (SSSR count). The summed E-state index contributed by atoms with van der Waals surface area (Å²) < 4.78 is 52.7. The quantitative estimate of drug-likeness (QED) is 0.0392. The minimum absolute atomic E-state index is 0.00340. The molecule has 452 valence electrons. The van der Waals surface area contributed by atoms with E-state index in [-0.39, 0.29) is 141 Å². The van der Waals surface area contributed by atoms with Crippen molar-refractivity contribution in [3.63, 3.8) is 0 Å². The molecule has 0 saturated carbocycles. The fourth-order valence-electron chi connectivity index (χ4n) is 12.0. The van der Waals surface area contributed by atoms with Crippen molar-refractivity contribution in [2.45, 2.75) is 136 Å². The zero-order valence-electron chi connectivity index (χ0n) is 51.5. The highest BCUT2D eigenvalue weighted by molar-refractivity contribution is 6.22. The Kier molecular flexibility index (Phi) is 16.6. The molecule has 0 bridgehead atoms. The first-order chi connectivity index (χ1) is 39.4. The summed E-state index contributed by atoms with van der Waals surface area (Å²) in [6.07, 6.45) is -0.485. The van der Waals surface area contributed by atoms with Crippen molar-refractivity contribution in [1.82, 2.24) is 0 Å². The van der Waals surface area contributed by atoms with Crippen molar-refractivity contribution in [3.05, 3.63) is 122 Å². The minimum atomic E-state index is -2.82. The number of esters is 4. The number of phenols is 1. The molecule has 1 aliphatic carbocycles. The van der Waals surface area contributed by atoms with Gasteiger partial charge in [0.25, 0.3) is 5.79 Å². The lowest BCUT2D eigenvalue weighted by atomic mass is 9.57. The lowest BCUT2D eigenvalue weighted by molar-refractivity contribution is -0.297. The van der Waals surface area contributed by atoms with Crippen molar-refractivity contribution >= 4 is 41.6 Å². The normalized spacial score (nSPS) is 17.9. The highest BCUT2D eigenvalue weighted by Crippen LogP contribution is 2.58. The topological polar surface area (TPSA) is 304 Å². The molecule has 5 aromatic rings. The number of aromatic carboxylic acids is 2. The molecule has 5 aromatic carbocycles. The van der Waals surface area contributed by atoms with Gasteiger partial charge in [-0.3, -0.25) is 4.79 Å². The molecule has 5 N–H and O–H groups in total. The fraction of sp³-hybridized carbons (Fsp3) is 0.391. The van der Waals surface area contributed by atoms with Crippen LogP contribution in [0.1, 0.15) is 156 Å². The van der Waals surface area contributed by atoms with Gasteiger partial charge in [-0.1, -0.05) is 0 Å². The average Bonchev–Trinajstić information content (AvgIpc) is 0.694. The van der Waals surface area contributed by atoms with Gasteiger partial charge < -0.3 is 68.2 Å². The maximum absolute atomic E-state index is 15.2. The summed E-state index contributed by atoms with van der Waals surface area (Å²) in [5, 5.41) is 56.9. The van der Waals surface area contributed by atoms with Crippen LogP contribution in [0.3, 0.4) is 0 Å². The van der Waals surface area contributed by atoms with Crippen LogP contribution in [0.2, 0.25) is 0 Å². The number of rotatable bonds is 14. The summed E-state index contributed by atoms with van der Waals surface area (Å²) in [6.45, 7) is 25.3. The third-order valence-electron chi connectivity index (χ3n) is 17.6. The molecule has 0 fully saturated rings. The Morgan fingerprint density at radius 3 is 1.05 bits per heavy atom. The van der Waals surface area contributed by atoms with Gasteiger partial charge in [-0.15, -0.1) is 0 Å². The molecule has 0 spiro atoms. The van der Waals surface area contributed by atoms with Gasteiger partial charge in [-0.05, 0) is 185 Å². The van der Waals surface area contributed by atoms with E-state index in [2.05, 4.69) is 0 Å². The van der Waals surface area contributed by atoms with Crippen molar-refractivity contribution in [2.75, 3.05) is 28.4 Å². The molecule has 21 nitrogen and oxygen atoms in total. The van der Waals surface area contributed by atoms with Crippen molar-refractivity contribution in [2.24, 2.45) is 5.41 Å². The molecular formula is C64H70O21. The van der Waals surface area contributed by atoms with E-state index in [1.165, 1.54) is 70.0 Å². The number of carbonyl (C=O) groups excluding carboxylic acids is 5. The van der Waals surface area contributed by atoms with E-state index in [0.29, 0.717) is 27.8 Å². The van der Waals surface area contributed by atoms with E-state index >= 15 is 4.79 Å². The number of hydrogen-bond donors (Lipinski definition) is 5. The van der Waals surface area contributed by atoms with Crippen LogP contribution in [0.5, 0.6) is 57.5 Å². The zero-order valence-corrected chi connectivity index (χ0v) is 51.5. The molecule has 3 unspecified atom stereocenters. The van der Waals surface area contributed by atoms with Crippen molar-refractivity contribution in [1.29, 1.82) is 0 Å². The number of aliphatic hydroxyl groups is 2. The van der Waals surface area contributed by atoms with Crippen LogP contribution < -0.4 is 42.6 Å². The van der Waals surface area contributed by atoms with E-state index in [1.54, 1.807) is 69.2 Å². The summed E-state index contributed by atoms with van der Waals surface area (Å²) >= 11 is 0. The van der Waals surface area contributed by atoms with E-state index in [1.807, 2.05) is 0 Å². The molecule has 0 radical (unpaired) electrons. The number of fused-ring (bicyclic) bond motifs is 2. The number of phenolic OH excluding ortho intramolecular Hbond substituents is 1. The first-order valence-electron chi connectivity index (χ1n) is 26.7. The SMILES string of the molecule is COc1c(C)c(OC(=O)c2c(C)c(C)c(OC(=O)C3=C(C)C(C)(O)C4(O)Oc5c(C)c(O)c(C(=O)Oc6c(C)c(C)c(C(=O)Oc7c(C)c(C)c(C(=O)O)c(OC)c7C)c(OC)c6C)c(C)c5CC4(C)C3=O)c(C)c2OC)c(C)c(C)c1C(=O)O. The summed E-state index contributed by atoms with van der Waals surface area (Å²) in [5.74, 6) is -11.3. The molecular weight excluding hydrogens is 1100 g/mol. The van der Waals surface area contributed by atoms with Crippen LogP contribution in [-0.2, 0) is 16.0 Å². The standard InChI is InChI=1S/C64H70O21/c1-23-27(5)46(33(11)51(77-18)40(23)56(67)68)82-59(72)42-25(3)29(7)48(35(13)53(42)79-20)81-58(71)39-31(9)38-22-62(16)55(66)44(37(15)63(17,75)64(62,76)85-50(38)32(10)45(39)65)61(74)84-49-30(8)26(4)43(54(80-21)36(49)14)60(73)83-47-28(6)24(2)41(57(69)70)52(78-19)34(47)12/h65,75-76H,22H2,1-21H3,(H,67,68)(H,69,70). The van der Waals surface area contributed by atoms with Gasteiger partial charge >= 0.3 is 35.8 Å². The number of carbonyl (C=O) groups is 7. The summed E-state index contributed by atoms with van der Waals surface area (Å²) in [7, 11) is 5.19. The lowest BCUT2D eigenvalue weighted by Gasteiger charge is -2.56. The number of hydrogen-bond acceptors (Lipinski definition) is 19. The number of carboxylic acid groups (broad SMARTS) is 2. The Morgan fingerprint density at radius 1 is 0.412 bits per heavy atom. The number of ether oxygens (including phenoxy) is 9. The number of carboxylic acids is 2. The Labute approximate surface area is 490 Å². The van der Waals surface area contributed by atoms with Gasteiger partial charge in [0.1, 0.15) is 102 Å². The molecule has 0 aromatic heterocycles. The van der Waals surface area contributed by atoms with E-state index in [0.717, 1.165) is 6.92 Å². The Bertz CT molecular complexity index is 3890. The van der Waals surface area contributed by atoms with Gasteiger partial charge in [-0.2, -0.15) is 0 Å². The Hall–Kier alpha value is -8.95. The molecule has 2 aliphatic rings. The molecule has 3 atom stereocenters. The molecule has 85 heavy (non-hydrogen) atoms. The fourth-order valence-corrected chi connectivity index (χ4v) is 12.0. The molecule has 0 amide bonds. The van der Waals surface area contributed by atoms with Crippen LogP contribution in [0.15, 0.2) is 11.1 Å². The second kappa shape index (κ2) is 22.2. The van der Waals surface area contributed by atoms with Gasteiger partial charge in [0, 0.05) is 27.8 Å². The largest absolute Gasteiger partial charge is 0.507 e. The molecule has 0 saturated heterocycles. The zero-order chi connectivity index (χ0) is 64.1. The predicted molar refractivity (Wildman–Crippen MR) is 307 cm³/mol. The smallest absolute Gasteiger partial charge is 0.347 e. The predicted octanol–water partition coefficient (Wildman–Crippen LogP) is 9.68. The van der Waals surface area contributed by atoms with Crippen LogP contribution in [0.25, 0.3) is 0 Å². The highest BCUT2D eigenvalue weighted by Gasteiger charge is 2.71. The van der Waals surface area contributed by atoms with Crippen LogP contribution >= 0.6 is 0 Å². The number of methoxy groups -OCH3 is 4. The Morgan fingerprint density at radius 2 is 0.718 bits per heavy atom. The molecule has 1 aliphatic heterocycles. The number of ketones is 1. The number of aromatic hydroxyl groups is 1. The monoisotopic (exact) mass is 1170 g/mol. The van der Waals surface area contributed by atoms with Crippen LogP contribution in [0, 0.1) is 102 Å². The van der Waals surface area contributed by atoms with Gasteiger partial charge in [-0.25, -0.2) is 28.8 Å².